The molecule has 0 radical (unpaired) electrons. The summed E-state index contributed by atoms with van der Waals surface area (Å²) in [6, 6.07) is 6.15. The van der Waals surface area contributed by atoms with Crippen LogP contribution >= 0.6 is 0 Å². The van der Waals surface area contributed by atoms with Crippen LogP contribution in [-0.4, -0.2) is 37.2 Å². The highest BCUT2D eigenvalue weighted by Crippen LogP contribution is 2.27. The molecular formula is C17H19N5O. The summed E-state index contributed by atoms with van der Waals surface area (Å²) in [5.74, 6) is 1.53. The molecule has 0 aromatic carbocycles. The number of aliphatic hydroxyl groups excluding tert-OH is 1. The fourth-order valence-electron chi connectivity index (χ4n) is 3.09. The van der Waals surface area contributed by atoms with Crippen molar-refractivity contribution in [3.8, 4) is 11.4 Å². The van der Waals surface area contributed by atoms with Crippen molar-refractivity contribution in [1.29, 1.82) is 0 Å². The van der Waals surface area contributed by atoms with Gasteiger partial charge in [-0.1, -0.05) is 0 Å². The Balaban J connectivity index is 1.69. The van der Waals surface area contributed by atoms with E-state index in [0.717, 1.165) is 48.1 Å². The van der Waals surface area contributed by atoms with E-state index in [9.17, 15) is 5.11 Å². The second-order valence-electron chi connectivity index (χ2n) is 6.02. The summed E-state index contributed by atoms with van der Waals surface area (Å²) in [6.45, 7) is 0. The van der Waals surface area contributed by atoms with Crippen molar-refractivity contribution in [2.45, 2.75) is 37.8 Å². The van der Waals surface area contributed by atoms with Gasteiger partial charge in [0.05, 0.1) is 11.5 Å². The first-order valence-electron chi connectivity index (χ1n) is 8.00. The second-order valence-corrected chi connectivity index (χ2v) is 6.02. The summed E-state index contributed by atoms with van der Waals surface area (Å²) < 4.78 is 0. The van der Waals surface area contributed by atoms with Crippen molar-refractivity contribution in [2.75, 3.05) is 5.32 Å². The number of hydrogen-bond donors (Lipinski definition) is 3. The molecule has 1 fully saturated rings. The molecule has 4 rings (SSSR count). The number of nitrogens with zero attached hydrogens (tertiary/aromatic N) is 3. The van der Waals surface area contributed by atoms with Crippen LogP contribution in [0.3, 0.4) is 0 Å². The molecule has 23 heavy (non-hydrogen) atoms. The van der Waals surface area contributed by atoms with Gasteiger partial charge in [0.15, 0.2) is 5.82 Å². The largest absolute Gasteiger partial charge is 0.393 e. The number of fused-ring (bicyclic) bond motifs is 1. The lowest BCUT2D eigenvalue weighted by Gasteiger charge is -2.26. The summed E-state index contributed by atoms with van der Waals surface area (Å²) in [5, 5.41) is 14.2. The third-order valence-electron chi connectivity index (χ3n) is 4.39. The molecule has 0 saturated heterocycles. The van der Waals surface area contributed by atoms with E-state index < -0.39 is 0 Å². The Morgan fingerprint density at radius 1 is 1.04 bits per heavy atom. The van der Waals surface area contributed by atoms with Crippen molar-refractivity contribution in [3.05, 3.63) is 36.8 Å². The molecule has 0 unspecified atom stereocenters. The second kappa shape index (κ2) is 5.96. The first-order chi connectivity index (χ1) is 11.3. The van der Waals surface area contributed by atoms with Gasteiger partial charge in [0.1, 0.15) is 11.5 Å². The highest BCUT2D eigenvalue weighted by molar-refractivity contribution is 5.88. The molecule has 3 N–H and O–H groups in total. The maximum absolute atomic E-state index is 9.66. The minimum absolute atomic E-state index is 0.155. The van der Waals surface area contributed by atoms with E-state index in [0.29, 0.717) is 11.9 Å². The molecule has 0 bridgehead atoms. The molecule has 1 saturated carbocycles. The van der Waals surface area contributed by atoms with Crippen LogP contribution < -0.4 is 5.32 Å². The van der Waals surface area contributed by atoms with Gasteiger partial charge >= 0.3 is 0 Å². The Hall–Kier alpha value is -2.47. The molecule has 3 aromatic rings. The average Bonchev–Trinajstić information content (AvgIpc) is 3.06. The maximum atomic E-state index is 9.66. The van der Waals surface area contributed by atoms with Crippen molar-refractivity contribution in [1.82, 2.24) is 19.9 Å². The smallest absolute Gasteiger partial charge is 0.164 e. The topological polar surface area (TPSA) is 86.7 Å². The number of hydrogen-bond acceptors (Lipinski definition) is 5. The van der Waals surface area contributed by atoms with Crippen LogP contribution in [0.25, 0.3) is 22.4 Å². The van der Waals surface area contributed by atoms with Crippen LogP contribution in [0.2, 0.25) is 0 Å². The Kier molecular flexibility index (Phi) is 3.67. The average molecular weight is 309 g/mol. The van der Waals surface area contributed by atoms with Gasteiger partial charge < -0.3 is 15.4 Å². The zero-order valence-corrected chi connectivity index (χ0v) is 12.7. The van der Waals surface area contributed by atoms with Crippen LogP contribution in [0.15, 0.2) is 36.8 Å². The minimum Gasteiger partial charge on any atom is -0.393 e. The van der Waals surface area contributed by atoms with Crippen molar-refractivity contribution < 1.29 is 5.11 Å². The van der Waals surface area contributed by atoms with Gasteiger partial charge in [-0.2, -0.15) is 0 Å². The summed E-state index contributed by atoms with van der Waals surface area (Å²) in [4.78, 5) is 16.5. The number of aliphatic hydroxyl groups is 1. The van der Waals surface area contributed by atoms with Gasteiger partial charge in [-0.15, -0.1) is 0 Å². The van der Waals surface area contributed by atoms with Crippen molar-refractivity contribution >= 4 is 16.9 Å². The van der Waals surface area contributed by atoms with Gasteiger partial charge in [-0.25, -0.2) is 9.97 Å². The Labute approximate surface area is 134 Å². The number of rotatable bonds is 3. The van der Waals surface area contributed by atoms with E-state index in [2.05, 4.69) is 20.3 Å². The van der Waals surface area contributed by atoms with Crippen LogP contribution in [0, 0.1) is 0 Å². The Morgan fingerprint density at radius 2 is 1.83 bits per heavy atom. The zero-order valence-electron chi connectivity index (χ0n) is 12.7. The highest BCUT2D eigenvalue weighted by atomic mass is 16.3. The lowest BCUT2D eigenvalue weighted by Crippen LogP contribution is -2.28. The van der Waals surface area contributed by atoms with Crippen LogP contribution in [0.5, 0.6) is 0 Å². The molecule has 3 aromatic heterocycles. The summed E-state index contributed by atoms with van der Waals surface area (Å²) in [7, 11) is 0. The fraction of sp³-hybridized carbons (Fsp3) is 0.353. The number of pyridine rings is 1. The Morgan fingerprint density at radius 3 is 2.61 bits per heavy atom. The molecule has 0 atom stereocenters. The molecule has 1 aliphatic carbocycles. The van der Waals surface area contributed by atoms with E-state index in [-0.39, 0.29) is 6.10 Å². The van der Waals surface area contributed by atoms with Crippen molar-refractivity contribution in [2.24, 2.45) is 0 Å². The summed E-state index contributed by atoms with van der Waals surface area (Å²) in [6.07, 6.45) is 8.82. The minimum atomic E-state index is -0.155. The molecule has 0 amide bonds. The number of anilines is 1. The quantitative estimate of drug-likeness (QED) is 0.692. The molecule has 6 heteroatoms. The summed E-state index contributed by atoms with van der Waals surface area (Å²) in [5.41, 5.74) is 1.77. The first kappa shape index (κ1) is 14.1. The highest BCUT2D eigenvalue weighted by Gasteiger charge is 2.21. The van der Waals surface area contributed by atoms with Crippen LogP contribution in [0.1, 0.15) is 25.7 Å². The number of aromatic nitrogens is 4. The summed E-state index contributed by atoms with van der Waals surface area (Å²) >= 11 is 0. The predicted octanol–water partition coefficient (Wildman–Crippen LogP) is 2.74. The molecule has 1 aliphatic rings. The van der Waals surface area contributed by atoms with E-state index in [1.54, 1.807) is 12.4 Å². The Bertz CT molecular complexity index is 793. The number of aromatic amines is 1. The fourth-order valence-corrected chi connectivity index (χ4v) is 3.09. The van der Waals surface area contributed by atoms with Gasteiger partial charge in [0, 0.05) is 30.2 Å². The van der Waals surface area contributed by atoms with Gasteiger partial charge in [0.25, 0.3) is 0 Å². The zero-order chi connectivity index (χ0) is 15.6. The molecular weight excluding hydrogens is 290 g/mol. The third-order valence-corrected chi connectivity index (χ3v) is 4.39. The molecule has 0 aliphatic heterocycles. The van der Waals surface area contributed by atoms with Crippen molar-refractivity contribution in [3.63, 3.8) is 0 Å². The van der Waals surface area contributed by atoms with E-state index in [1.165, 1.54) is 0 Å². The van der Waals surface area contributed by atoms with E-state index in [4.69, 9.17) is 4.98 Å². The third kappa shape index (κ3) is 2.90. The molecule has 0 spiro atoms. The maximum Gasteiger partial charge on any atom is 0.164 e. The molecule has 3 heterocycles. The van der Waals surface area contributed by atoms with E-state index in [1.807, 2.05) is 24.4 Å². The molecule has 6 nitrogen and oxygen atoms in total. The van der Waals surface area contributed by atoms with Gasteiger partial charge in [0.2, 0.25) is 0 Å². The first-order valence-corrected chi connectivity index (χ1v) is 8.00. The lowest BCUT2D eigenvalue weighted by atomic mass is 9.93. The van der Waals surface area contributed by atoms with Gasteiger partial charge in [-0.3, -0.25) is 4.98 Å². The molecule has 118 valence electrons. The SMILES string of the molecule is O[C@H]1CC[C@H](Nc2nc(-c3ccncc3)nc3[nH]ccc23)CC1. The predicted molar refractivity (Wildman–Crippen MR) is 89.0 cm³/mol. The monoisotopic (exact) mass is 309 g/mol. The number of nitrogens with one attached hydrogen (secondary N) is 2. The van der Waals surface area contributed by atoms with E-state index >= 15 is 0 Å². The lowest BCUT2D eigenvalue weighted by molar-refractivity contribution is 0.126. The van der Waals surface area contributed by atoms with Gasteiger partial charge in [-0.05, 0) is 43.9 Å². The number of H-pyrrole nitrogens is 1. The van der Waals surface area contributed by atoms with Crippen LogP contribution in [0.4, 0.5) is 5.82 Å². The normalized spacial score (nSPS) is 21.4. The van der Waals surface area contributed by atoms with Crippen LogP contribution in [-0.2, 0) is 0 Å². The standard InChI is InChI=1S/C17H19N5O/c23-13-3-1-12(2-4-13)20-17-14-7-10-19-16(14)21-15(22-17)11-5-8-18-9-6-11/h5-10,12-13,23H,1-4H2,(H2,19,20,21,22)/t12-,13-.